The van der Waals surface area contributed by atoms with Crippen LogP contribution < -0.4 is 4.90 Å². The highest BCUT2D eigenvalue weighted by atomic mass is 16.3. The van der Waals surface area contributed by atoms with E-state index in [-0.39, 0.29) is 11.7 Å². The number of aryl methyl sites for hydroxylation is 1. The zero-order valence-electron chi connectivity index (χ0n) is 17.8. The van der Waals surface area contributed by atoms with E-state index in [1.54, 1.807) is 18.7 Å². The van der Waals surface area contributed by atoms with Crippen LogP contribution in [0.25, 0.3) is 17.1 Å². The monoisotopic (exact) mass is 415 g/mol. The first-order valence-electron chi connectivity index (χ1n) is 10.8. The summed E-state index contributed by atoms with van der Waals surface area (Å²) in [6.07, 6.45) is 7.51. The summed E-state index contributed by atoms with van der Waals surface area (Å²) in [5, 5.41) is 4.83. The number of ketones is 1. The number of carbonyl (C=O) groups is 1. The van der Waals surface area contributed by atoms with Crippen LogP contribution >= 0.6 is 0 Å². The van der Waals surface area contributed by atoms with Crippen molar-refractivity contribution >= 4 is 17.2 Å². The third-order valence-corrected chi connectivity index (χ3v) is 6.12. The second-order valence-corrected chi connectivity index (χ2v) is 8.00. The van der Waals surface area contributed by atoms with Gasteiger partial charge in [-0.05, 0) is 50.5 Å². The Morgan fingerprint density at radius 1 is 1.23 bits per heavy atom. The largest absolute Gasteiger partial charge is 0.463 e. The molecule has 1 aliphatic heterocycles. The summed E-state index contributed by atoms with van der Waals surface area (Å²) in [4.78, 5) is 24.1. The molecule has 7 heteroatoms. The molecule has 0 amide bonds. The van der Waals surface area contributed by atoms with Crippen LogP contribution in [0.3, 0.4) is 0 Å². The predicted octanol–water partition coefficient (Wildman–Crippen LogP) is 4.35. The minimum atomic E-state index is 0.0280. The van der Waals surface area contributed by atoms with Crippen molar-refractivity contribution in [3.05, 3.63) is 65.8 Å². The van der Waals surface area contributed by atoms with Gasteiger partial charge >= 0.3 is 0 Å². The molecule has 0 atom stereocenters. The lowest BCUT2D eigenvalue weighted by Gasteiger charge is -2.34. The SMILES string of the molecule is CCc1c(C)nc2cc(-c3ccco3)nn2c1N1CCC(C(=O)c2cccnc2)CC1. The van der Waals surface area contributed by atoms with Crippen LogP contribution in [-0.2, 0) is 6.42 Å². The Balaban J connectivity index is 1.46. The Morgan fingerprint density at radius 3 is 2.74 bits per heavy atom. The predicted molar refractivity (Wildman–Crippen MR) is 118 cm³/mol. The number of piperidine rings is 1. The Bertz CT molecular complexity index is 1210. The molecule has 7 nitrogen and oxygen atoms in total. The maximum absolute atomic E-state index is 12.9. The standard InChI is InChI=1S/C24H25N5O2/c1-3-19-16(2)26-22-14-20(21-7-5-13-31-21)27-29(22)24(19)28-11-8-17(9-12-28)23(30)18-6-4-10-25-15-18/h4-7,10,13-15,17H,3,8-9,11-12H2,1-2H3. The van der Waals surface area contributed by atoms with Crippen molar-refractivity contribution in [1.29, 1.82) is 0 Å². The van der Waals surface area contributed by atoms with Gasteiger partial charge in [0, 0.05) is 54.3 Å². The average molecular weight is 415 g/mol. The summed E-state index contributed by atoms with van der Waals surface area (Å²) in [6, 6.07) is 9.41. The van der Waals surface area contributed by atoms with Gasteiger partial charge in [0.15, 0.2) is 17.2 Å². The van der Waals surface area contributed by atoms with Crippen molar-refractivity contribution < 1.29 is 9.21 Å². The Kier molecular flexibility index (Phi) is 5.02. The first-order valence-corrected chi connectivity index (χ1v) is 10.8. The Morgan fingerprint density at radius 2 is 2.06 bits per heavy atom. The van der Waals surface area contributed by atoms with E-state index in [9.17, 15) is 4.79 Å². The van der Waals surface area contributed by atoms with E-state index in [1.165, 1.54) is 5.56 Å². The zero-order valence-corrected chi connectivity index (χ0v) is 17.8. The molecule has 0 N–H and O–H groups in total. The molecule has 0 aliphatic carbocycles. The van der Waals surface area contributed by atoms with Crippen LogP contribution in [0.2, 0.25) is 0 Å². The third-order valence-electron chi connectivity index (χ3n) is 6.12. The molecule has 0 aromatic carbocycles. The van der Waals surface area contributed by atoms with E-state index >= 15 is 0 Å². The molecule has 0 bridgehead atoms. The van der Waals surface area contributed by atoms with Crippen LogP contribution in [0.15, 0.2) is 53.4 Å². The van der Waals surface area contributed by atoms with Gasteiger partial charge in [0.25, 0.3) is 0 Å². The van der Waals surface area contributed by atoms with Gasteiger partial charge in [-0.15, -0.1) is 0 Å². The quantitative estimate of drug-likeness (QED) is 0.451. The number of furan rings is 1. The van der Waals surface area contributed by atoms with Gasteiger partial charge in [0.1, 0.15) is 11.5 Å². The summed E-state index contributed by atoms with van der Waals surface area (Å²) in [7, 11) is 0. The number of aromatic nitrogens is 4. The normalized spacial score (nSPS) is 15.0. The Hall–Kier alpha value is -3.48. The maximum Gasteiger partial charge on any atom is 0.167 e. The van der Waals surface area contributed by atoms with Crippen LogP contribution in [0.5, 0.6) is 0 Å². The van der Waals surface area contributed by atoms with Crippen molar-refractivity contribution in [1.82, 2.24) is 19.6 Å². The smallest absolute Gasteiger partial charge is 0.167 e. The molecule has 31 heavy (non-hydrogen) atoms. The van der Waals surface area contributed by atoms with Gasteiger partial charge < -0.3 is 9.32 Å². The molecule has 1 aliphatic rings. The van der Waals surface area contributed by atoms with Crippen LogP contribution in [0.1, 0.15) is 41.4 Å². The number of hydrogen-bond donors (Lipinski definition) is 0. The number of pyridine rings is 1. The number of anilines is 1. The Labute approximate surface area is 180 Å². The fraction of sp³-hybridized carbons (Fsp3) is 0.333. The van der Waals surface area contributed by atoms with E-state index in [4.69, 9.17) is 14.5 Å². The molecule has 158 valence electrons. The second-order valence-electron chi connectivity index (χ2n) is 8.00. The molecule has 0 radical (unpaired) electrons. The maximum atomic E-state index is 12.9. The molecule has 0 unspecified atom stereocenters. The first kappa shape index (κ1) is 19.5. The van der Waals surface area contributed by atoms with Gasteiger partial charge in [-0.2, -0.15) is 9.61 Å². The van der Waals surface area contributed by atoms with E-state index in [0.717, 1.165) is 61.0 Å². The fourth-order valence-corrected chi connectivity index (χ4v) is 4.52. The van der Waals surface area contributed by atoms with E-state index in [0.29, 0.717) is 5.56 Å². The van der Waals surface area contributed by atoms with E-state index < -0.39 is 0 Å². The van der Waals surface area contributed by atoms with E-state index in [1.807, 2.05) is 34.8 Å². The molecule has 5 heterocycles. The topological polar surface area (TPSA) is 76.5 Å². The lowest BCUT2D eigenvalue weighted by Crippen LogP contribution is -2.38. The van der Waals surface area contributed by atoms with Crippen molar-refractivity contribution in [2.45, 2.75) is 33.1 Å². The second kappa shape index (κ2) is 7.98. The first-order chi connectivity index (χ1) is 15.2. The molecular weight excluding hydrogens is 390 g/mol. The van der Waals surface area contributed by atoms with Crippen LogP contribution in [-0.4, -0.2) is 38.5 Å². The average Bonchev–Trinajstić information content (AvgIpc) is 3.48. The van der Waals surface area contributed by atoms with Gasteiger partial charge in [-0.3, -0.25) is 9.78 Å². The third kappa shape index (κ3) is 3.50. The number of carbonyl (C=O) groups excluding carboxylic acids is 1. The molecule has 5 rings (SSSR count). The number of fused-ring (bicyclic) bond motifs is 1. The molecule has 1 fully saturated rings. The summed E-state index contributed by atoms with van der Waals surface area (Å²) in [6.45, 7) is 5.81. The number of rotatable bonds is 5. The molecule has 1 saturated heterocycles. The zero-order chi connectivity index (χ0) is 21.4. The van der Waals surface area contributed by atoms with Crippen LogP contribution in [0, 0.1) is 12.8 Å². The van der Waals surface area contributed by atoms with Crippen molar-refractivity contribution in [3.8, 4) is 11.5 Å². The van der Waals surface area contributed by atoms with Crippen molar-refractivity contribution in [2.75, 3.05) is 18.0 Å². The minimum absolute atomic E-state index is 0.0280. The van der Waals surface area contributed by atoms with Crippen molar-refractivity contribution in [3.63, 3.8) is 0 Å². The van der Waals surface area contributed by atoms with Gasteiger partial charge in [-0.25, -0.2) is 4.98 Å². The van der Waals surface area contributed by atoms with Crippen LogP contribution in [0.4, 0.5) is 5.82 Å². The van der Waals surface area contributed by atoms with Gasteiger partial charge in [0.05, 0.1) is 6.26 Å². The number of Topliss-reactive ketones (excluding diaryl/α,β-unsaturated/α-hetero) is 1. The highest BCUT2D eigenvalue weighted by molar-refractivity contribution is 5.97. The fourth-order valence-electron chi connectivity index (χ4n) is 4.52. The van der Waals surface area contributed by atoms with E-state index in [2.05, 4.69) is 23.7 Å². The minimum Gasteiger partial charge on any atom is -0.463 e. The highest BCUT2D eigenvalue weighted by Crippen LogP contribution is 2.31. The van der Waals surface area contributed by atoms with Gasteiger partial charge in [0.2, 0.25) is 0 Å². The molecular formula is C24H25N5O2. The number of nitrogens with zero attached hydrogens (tertiary/aromatic N) is 5. The summed E-state index contributed by atoms with van der Waals surface area (Å²) >= 11 is 0. The summed E-state index contributed by atoms with van der Waals surface area (Å²) in [5.74, 6) is 2.03. The molecule has 4 aromatic heterocycles. The van der Waals surface area contributed by atoms with Gasteiger partial charge in [-0.1, -0.05) is 6.92 Å². The molecule has 0 saturated carbocycles. The lowest BCUT2D eigenvalue weighted by atomic mass is 9.89. The number of hydrogen-bond acceptors (Lipinski definition) is 6. The lowest BCUT2D eigenvalue weighted by molar-refractivity contribution is 0.0900. The summed E-state index contributed by atoms with van der Waals surface area (Å²) < 4.78 is 7.48. The van der Waals surface area contributed by atoms with Crippen molar-refractivity contribution in [2.24, 2.45) is 5.92 Å². The molecule has 4 aromatic rings. The highest BCUT2D eigenvalue weighted by Gasteiger charge is 2.29. The molecule has 0 spiro atoms. The summed E-state index contributed by atoms with van der Waals surface area (Å²) in [5.41, 5.74) is 4.49.